The van der Waals surface area contributed by atoms with Gasteiger partial charge in [-0.2, -0.15) is 0 Å². The Morgan fingerprint density at radius 3 is 2.70 bits per heavy atom. The fourth-order valence-electron chi connectivity index (χ4n) is 1.81. The fraction of sp³-hybridized carbons (Fsp3) is 0.286. The first-order chi connectivity index (χ1) is 9.65. The van der Waals surface area contributed by atoms with Gasteiger partial charge in [0, 0.05) is 6.54 Å². The zero-order chi connectivity index (χ0) is 14.5. The molecular formula is C14H17ClN4O. The van der Waals surface area contributed by atoms with E-state index in [0.717, 1.165) is 17.8 Å². The smallest absolute Gasteiger partial charge is 0.204 e. The van der Waals surface area contributed by atoms with Crippen LogP contribution in [0.1, 0.15) is 12.5 Å². The molecule has 0 atom stereocenters. The van der Waals surface area contributed by atoms with Crippen LogP contribution < -0.4 is 15.4 Å². The van der Waals surface area contributed by atoms with E-state index in [4.69, 9.17) is 16.3 Å². The Morgan fingerprint density at radius 2 is 2.00 bits per heavy atom. The molecule has 0 saturated heterocycles. The molecule has 106 valence electrons. The van der Waals surface area contributed by atoms with Crippen molar-refractivity contribution in [2.75, 3.05) is 24.3 Å². The largest absolute Gasteiger partial charge is 0.490 e. The highest BCUT2D eigenvalue weighted by atomic mass is 35.5. The molecule has 0 aliphatic heterocycles. The average Bonchev–Trinajstić information content (AvgIpc) is 2.43. The van der Waals surface area contributed by atoms with Crippen molar-refractivity contribution >= 4 is 28.9 Å². The van der Waals surface area contributed by atoms with E-state index in [0.29, 0.717) is 22.4 Å². The molecule has 1 aromatic carbocycles. The maximum atomic E-state index is 6.18. The van der Waals surface area contributed by atoms with Crippen LogP contribution in [0.2, 0.25) is 5.02 Å². The molecule has 6 heteroatoms. The van der Waals surface area contributed by atoms with Gasteiger partial charge in [-0.15, -0.1) is 0 Å². The molecule has 2 rings (SSSR count). The lowest BCUT2D eigenvalue weighted by atomic mass is 10.2. The van der Waals surface area contributed by atoms with E-state index in [9.17, 15) is 0 Å². The quantitative estimate of drug-likeness (QED) is 0.881. The highest BCUT2D eigenvalue weighted by Gasteiger charge is 2.12. The molecule has 1 aromatic heterocycles. The third kappa shape index (κ3) is 3.11. The summed E-state index contributed by atoms with van der Waals surface area (Å²) < 4.78 is 5.38. The van der Waals surface area contributed by atoms with Crippen LogP contribution in [0.5, 0.6) is 5.75 Å². The maximum absolute atomic E-state index is 6.18. The van der Waals surface area contributed by atoms with Gasteiger partial charge in [-0.1, -0.05) is 17.7 Å². The van der Waals surface area contributed by atoms with E-state index in [-0.39, 0.29) is 0 Å². The van der Waals surface area contributed by atoms with E-state index >= 15 is 0 Å². The normalized spacial score (nSPS) is 10.2. The molecule has 0 spiro atoms. The number of hydrogen-bond donors (Lipinski definition) is 2. The van der Waals surface area contributed by atoms with Crippen LogP contribution >= 0.6 is 11.6 Å². The number of rotatable bonds is 5. The molecule has 20 heavy (non-hydrogen) atoms. The summed E-state index contributed by atoms with van der Waals surface area (Å²) in [6, 6.07) is 5.75. The van der Waals surface area contributed by atoms with Crippen LogP contribution in [0.4, 0.5) is 17.3 Å². The Balaban J connectivity index is 2.37. The predicted octanol–water partition coefficient (Wildman–Crippen LogP) is 3.62. The van der Waals surface area contributed by atoms with Crippen molar-refractivity contribution in [3.05, 3.63) is 35.1 Å². The van der Waals surface area contributed by atoms with Crippen LogP contribution in [0.25, 0.3) is 0 Å². The number of aryl methyl sites for hydroxylation is 1. The number of methoxy groups -OCH3 is 1. The summed E-state index contributed by atoms with van der Waals surface area (Å²) in [5, 5.41) is 6.94. The molecular weight excluding hydrogens is 276 g/mol. The lowest BCUT2D eigenvalue weighted by Gasteiger charge is -2.14. The van der Waals surface area contributed by atoms with Crippen molar-refractivity contribution in [2.24, 2.45) is 0 Å². The second-order valence-corrected chi connectivity index (χ2v) is 4.65. The van der Waals surface area contributed by atoms with Crippen LogP contribution in [0.3, 0.4) is 0 Å². The van der Waals surface area contributed by atoms with E-state index in [1.54, 1.807) is 7.11 Å². The van der Waals surface area contributed by atoms with Gasteiger partial charge in [0.15, 0.2) is 11.6 Å². The van der Waals surface area contributed by atoms with Gasteiger partial charge in [-0.3, -0.25) is 0 Å². The maximum Gasteiger partial charge on any atom is 0.204 e. The Labute approximate surface area is 123 Å². The Kier molecular flexibility index (Phi) is 4.63. The number of anilines is 3. The van der Waals surface area contributed by atoms with E-state index in [1.165, 1.54) is 6.33 Å². The van der Waals surface area contributed by atoms with Crippen LogP contribution in [0.15, 0.2) is 24.5 Å². The predicted molar refractivity (Wildman–Crippen MR) is 82.2 cm³/mol. The number of ether oxygens (including phenoxy) is 1. The third-order valence-corrected chi connectivity index (χ3v) is 3.06. The summed E-state index contributed by atoms with van der Waals surface area (Å²) in [6.07, 6.45) is 1.48. The van der Waals surface area contributed by atoms with Crippen molar-refractivity contribution in [3.8, 4) is 5.75 Å². The van der Waals surface area contributed by atoms with E-state index < -0.39 is 0 Å². The molecule has 0 aliphatic rings. The molecule has 0 radical (unpaired) electrons. The van der Waals surface area contributed by atoms with Crippen LogP contribution in [-0.2, 0) is 0 Å². The highest BCUT2D eigenvalue weighted by molar-refractivity contribution is 6.33. The lowest BCUT2D eigenvalue weighted by Crippen LogP contribution is -2.06. The monoisotopic (exact) mass is 292 g/mol. The molecule has 0 bridgehead atoms. The second kappa shape index (κ2) is 6.43. The van der Waals surface area contributed by atoms with Crippen molar-refractivity contribution in [3.63, 3.8) is 0 Å². The van der Waals surface area contributed by atoms with Gasteiger partial charge in [0.1, 0.15) is 6.33 Å². The summed E-state index contributed by atoms with van der Waals surface area (Å²) in [6.45, 7) is 4.74. The Bertz CT molecular complexity index is 604. The van der Waals surface area contributed by atoms with E-state index in [1.807, 2.05) is 32.0 Å². The van der Waals surface area contributed by atoms with Gasteiger partial charge in [-0.05, 0) is 31.5 Å². The standard InChI is InChI=1S/C14H17ClN4O/c1-4-16-13-12(20-3)14(18-8-17-13)19-11-7-9(2)5-6-10(11)15/h5-8H,4H2,1-3H3,(H2,16,17,18,19). The first kappa shape index (κ1) is 14.4. The molecule has 5 nitrogen and oxygen atoms in total. The number of nitrogens with zero attached hydrogens (tertiary/aromatic N) is 2. The van der Waals surface area contributed by atoms with Crippen molar-refractivity contribution < 1.29 is 4.74 Å². The minimum atomic E-state index is 0.562. The fourth-order valence-corrected chi connectivity index (χ4v) is 1.98. The third-order valence-electron chi connectivity index (χ3n) is 2.73. The number of halogens is 1. The van der Waals surface area contributed by atoms with Crippen molar-refractivity contribution in [2.45, 2.75) is 13.8 Å². The summed E-state index contributed by atoms with van der Waals surface area (Å²) in [5.41, 5.74) is 1.89. The van der Waals surface area contributed by atoms with Gasteiger partial charge < -0.3 is 15.4 Å². The topological polar surface area (TPSA) is 59.1 Å². The Morgan fingerprint density at radius 1 is 1.25 bits per heavy atom. The van der Waals surface area contributed by atoms with Crippen molar-refractivity contribution in [1.82, 2.24) is 9.97 Å². The van der Waals surface area contributed by atoms with Crippen molar-refractivity contribution in [1.29, 1.82) is 0 Å². The minimum Gasteiger partial charge on any atom is -0.490 e. The first-order valence-electron chi connectivity index (χ1n) is 6.31. The summed E-state index contributed by atoms with van der Waals surface area (Å²) >= 11 is 6.18. The SMILES string of the molecule is CCNc1ncnc(Nc2cc(C)ccc2Cl)c1OC. The zero-order valence-electron chi connectivity index (χ0n) is 11.7. The summed E-state index contributed by atoms with van der Waals surface area (Å²) in [4.78, 5) is 8.37. The molecule has 1 heterocycles. The molecule has 0 aliphatic carbocycles. The van der Waals surface area contributed by atoms with Crippen LogP contribution in [0, 0.1) is 6.92 Å². The first-order valence-corrected chi connectivity index (χ1v) is 6.69. The zero-order valence-corrected chi connectivity index (χ0v) is 12.5. The Hall–Kier alpha value is -2.01. The molecule has 2 aromatic rings. The van der Waals surface area contributed by atoms with Gasteiger partial charge in [0.05, 0.1) is 17.8 Å². The summed E-state index contributed by atoms with van der Waals surface area (Å²) in [5.74, 6) is 1.79. The van der Waals surface area contributed by atoms with Gasteiger partial charge in [0.25, 0.3) is 0 Å². The van der Waals surface area contributed by atoms with E-state index in [2.05, 4.69) is 20.6 Å². The van der Waals surface area contributed by atoms with Crippen LogP contribution in [-0.4, -0.2) is 23.6 Å². The van der Waals surface area contributed by atoms with Gasteiger partial charge in [-0.25, -0.2) is 9.97 Å². The second-order valence-electron chi connectivity index (χ2n) is 4.24. The molecule has 0 saturated carbocycles. The lowest BCUT2D eigenvalue weighted by molar-refractivity contribution is 0.415. The number of nitrogens with one attached hydrogen (secondary N) is 2. The van der Waals surface area contributed by atoms with Gasteiger partial charge in [0.2, 0.25) is 5.75 Å². The number of benzene rings is 1. The highest BCUT2D eigenvalue weighted by Crippen LogP contribution is 2.33. The average molecular weight is 293 g/mol. The molecule has 0 unspecified atom stereocenters. The number of aromatic nitrogens is 2. The number of hydrogen-bond acceptors (Lipinski definition) is 5. The minimum absolute atomic E-state index is 0.562. The molecule has 2 N–H and O–H groups in total. The summed E-state index contributed by atoms with van der Waals surface area (Å²) in [7, 11) is 1.59. The van der Waals surface area contributed by atoms with Gasteiger partial charge >= 0.3 is 0 Å². The molecule has 0 fully saturated rings. The molecule has 0 amide bonds.